The maximum atomic E-state index is 12.8. The number of hydrogen-bond donors (Lipinski definition) is 2. The van der Waals surface area contributed by atoms with Gasteiger partial charge in [0.25, 0.3) is 0 Å². The zero-order chi connectivity index (χ0) is 28.6. The highest BCUT2D eigenvalue weighted by molar-refractivity contribution is 7.92. The van der Waals surface area contributed by atoms with Crippen LogP contribution in [0.15, 0.2) is 30.5 Å². The minimum absolute atomic E-state index is 0.0758. The molecule has 12 nitrogen and oxygen atoms in total. The first-order valence-corrected chi connectivity index (χ1v) is 14.9. The molecule has 1 aromatic heterocycles. The Bertz CT molecular complexity index is 1230. The van der Waals surface area contributed by atoms with Crippen LogP contribution in [0.25, 0.3) is 0 Å². The van der Waals surface area contributed by atoms with E-state index >= 15 is 0 Å². The lowest BCUT2D eigenvalue weighted by atomic mass is 10.1. The fourth-order valence-electron chi connectivity index (χ4n) is 4.35. The summed E-state index contributed by atoms with van der Waals surface area (Å²) in [5.74, 6) is -0.399. The maximum absolute atomic E-state index is 12.8. The van der Waals surface area contributed by atoms with Crippen LogP contribution in [0.3, 0.4) is 0 Å². The SMILES string of the molecule is CCN(CC)c1ncc(N(CC)S(=O)(=O)CC)c(N[C@@H](Cc2ccc(OC(=O)N3CCCC3)cc2)C(=O)O)n1. The number of carbonyl (C=O) groups is 2. The first-order valence-electron chi connectivity index (χ1n) is 13.3. The molecule has 1 atom stereocenters. The molecule has 13 heteroatoms. The first-order chi connectivity index (χ1) is 18.6. The number of benzene rings is 1. The van der Waals surface area contributed by atoms with Gasteiger partial charge in [0.2, 0.25) is 16.0 Å². The molecular weight excluding hydrogens is 524 g/mol. The van der Waals surface area contributed by atoms with E-state index in [1.54, 1.807) is 43.0 Å². The molecule has 39 heavy (non-hydrogen) atoms. The fourth-order valence-corrected chi connectivity index (χ4v) is 5.48. The Labute approximate surface area is 230 Å². The first kappa shape index (κ1) is 29.9. The molecule has 0 aliphatic carbocycles. The van der Waals surface area contributed by atoms with Gasteiger partial charge in [-0.1, -0.05) is 12.1 Å². The number of rotatable bonds is 13. The molecule has 1 amide bonds. The Morgan fingerprint density at radius 3 is 2.26 bits per heavy atom. The Morgan fingerprint density at radius 2 is 1.72 bits per heavy atom. The number of anilines is 3. The van der Waals surface area contributed by atoms with E-state index in [9.17, 15) is 23.1 Å². The molecule has 1 aromatic carbocycles. The third kappa shape index (κ3) is 7.49. The molecular formula is C26H38N6O6S. The molecule has 2 heterocycles. The average Bonchev–Trinajstić information content (AvgIpc) is 3.47. The minimum atomic E-state index is -3.66. The summed E-state index contributed by atoms with van der Waals surface area (Å²) >= 11 is 0. The van der Waals surface area contributed by atoms with Gasteiger partial charge in [-0.25, -0.2) is 23.0 Å². The highest BCUT2D eigenvalue weighted by Crippen LogP contribution is 2.29. The standard InChI is InChI=1S/C26H38N6O6S/c1-5-30(6-2)25-27-18-22(32(7-3)39(36,37)8-4)23(29-25)28-21(24(33)34)17-19-11-13-20(14-12-19)38-26(35)31-15-9-10-16-31/h11-14,18,21H,5-10,15-17H2,1-4H3,(H,33,34)(H,27,28,29)/t21-/m0/s1. The number of nitrogens with one attached hydrogen (secondary N) is 1. The molecule has 0 unspecified atom stereocenters. The Balaban J connectivity index is 1.86. The van der Waals surface area contributed by atoms with Gasteiger partial charge in [0.15, 0.2) is 5.82 Å². The van der Waals surface area contributed by atoms with Gasteiger partial charge in [0.05, 0.1) is 11.9 Å². The third-order valence-electron chi connectivity index (χ3n) is 6.60. The van der Waals surface area contributed by atoms with Gasteiger partial charge in [0, 0.05) is 39.1 Å². The van der Waals surface area contributed by atoms with E-state index in [4.69, 9.17) is 4.74 Å². The van der Waals surface area contributed by atoms with Crippen molar-refractivity contribution >= 4 is 39.5 Å². The van der Waals surface area contributed by atoms with Crippen LogP contribution in [0.4, 0.5) is 22.2 Å². The second-order valence-electron chi connectivity index (χ2n) is 9.09. The highest BCUT2D eigenvalue weighted by atomic mass is 32.2. The Hall–Kier alpha value is -3.61. The molecule has 1 aliphatic heterocycles. The Morgan fingerprint density at radius 1 is 1.08 bits per heavy atom. The number of aromatic nitrogens is 2. The van der Waals surface area contributed by atoms with Crippen LogP contribution in [0.2, 0.25) is 0 Å². The van der Waals surface area contributed by atoms with Gasteiger partial charge < -0.3 is 25.0 Å². The van der Waals surface area contributed by atoms with Gasteiger partial charge in [-0.2, -0.15) is 4.98 Å². The van der Waals surface area contributed by atoms with E-state index in [1.807, 2.05) is 18.7 Å². The summed E-state index contributed by atoms with van der Waals surface area (Å²) in [4.78, 5) is 37.0. The van der Waals surface area contributed by atoms with Crippen molar-refractivity contribution in [3.8, 4) is 5.75 Å². The number of ether oxygens (including phenoxy) is 1. The van der Waals surface area contributed by atoms with Crippen LogP contribution < -0.4 is 19.3 Å². The van der Waals surface area contributed by atoms with Gasteiger partial charge in [0.1, 0.15) is 17.5 Å². The van der Waals surface area contributed by atoms with Crippen molar-refractivity contribution in [2.45, 2.75) is 53.0 Å². The van der Waals surface area contributed by atoms with Crippen molar-refractivity contribution in [3.63, 3.8) is 0 Å². The molecule has 1 aliphatic rings. The number of carboxylic acid groups (broad SMARTS) is 1. The number of nitrogens with zero attached hydrogens (tertiary/aromatic N) is 5. The summed E-state index contributed by atoms with van der Waals surface area (Å²) in [6, 6.07) is 5.54. The second-order valence-corrected chi connectivity index (χ2v) is 11.3. The predicted molar refractivity (Wildman–Crippen MR) is 150 cm³/mol. The van der Waals surface area contributed by atoms with Crippen LogP contribution in [0.5, 0.6) is 5.75 Å². The van der Waals surface area contributed by atoms with Crippen molar-refractivity contribution in [2.24, 2.45) is 0 Å². The number of likely N-dealkylation sites (tertiary alicyclic amines) is 1. The molecule has 3 rings (SSSR count). The lowest BCUT2D eigenvalue weighted by Gasteiger charge is -2.27. The van der Waals surface area contributed by atoms with Crippen LogP contribution in [0.1, 0.15) is 46.1 Å². The number of hydrogen-bond acceptors (Lipinski definition) is 9. The molecule has 0 bridgehead atoms. The summed E-state index contributed by atoms with van der Waals surface area (Å²) < 4.78 is 32.2. The fraction of sp³-hybridized carbons (Fsp3) is 0.538. The van der Waals surface area contributed by atoms with Crippen molar-refractivity contribution in [1.82, 2.24) is 14.9 Å². The van der Waals surface area contributed by atoms with Gasteiger partial charge >= 0.3 is 12.1 Å². The second kappa shape index (κ2) is 13.5. The zero-order valence-corrected chi connectivity index (χ0v) is 23.8. The van der Waals surface area contributed by atoms with Crippen LogP contribution in [-0.4, -0.2) is 85.0 Å². The molecule has 0 radical (unpaired) electrons. The minimum Gasteiger partial charge on any atom is -0.480 e. The molecule has 2 aromatic rings. The largest absolute Gasteiger partial charge is 0.480 e. The van der Waals surface area contributed by atoms with Crippen LogP contribution in [0, 0.1) is 0 Å². The summed E-state index contributed by atoms with van der Waals surface area (Å²) in [5, 5.41) is 13.0. The van der Waals surface area contributed by atoms with Crippen molar-refractivity contribution in [2.75, 3.05) is 53.0 Å². The smallest absolute Gasteiger partial charge is 0.415 e. The lowest BCUT2D eigenvalue weighted by Crippen LogP contribution is -2.36. The summed E-state index contributed by atoms with van der Waals surface area (Å²) in [5.41, 5.74) is 0.870. The van der Waals surface area contributed by atoms with Crippen molar-refractivity contribution in [1.29, 1.82) is 0 Å². The third-order valence-corrected chi connectivity index (χ3v) is 8.46. The van der Waals surface area contributed by atoms with E-state index in [-0.39, 0.29) is 30.2 Å². The number of carboxylic acids is 1. The topological polar surface area (TPSA) is 145 Å². The summed E-state index contributed by atoms with van der Waals surface area (Å²) in [6.45, 7) is 9.87. The van der Waals surface area contributed by atoms with Gasteiger partial charge in [-0.05, 0) is 58.2 Å². The molecule has 0 spiro atoms. The quantitative estimate of drug-likeness (QED) is 0.373. The van der Waals surface area contributed by atoms with Crippen molar-refractivity contribution < 1.29 is 27.9 Å². The number of carbonyl (C=O) groups excluding carboxylic acids is 1. The number of aliphatic carboxylic acids is 1. The lowest BCUT2D eigenvalue weighted by molar-refractivity contribution is -0.137. The molecule has 2 N–H and O–H groups in total. The van der Waals surface area contributed by atoms with E-state index in [1.165, 1.54) is 10.5 Å². The highest BCUT2D eigenvalue weighted by Gasteiger charge is 2.27. The monoisotopic (exact) mass is 562 g/mol. The average molecular weight is 563 g/mol. The van der Waals surface area contributed by atoms with E-state index in [0.29, 0.717) is 43.4 Å². The zero-order valence-electron chi connectivity index (χ0n) is 23.0. The van der Waals surface area contributed by atoms with Gasteiger partial charge in [-0.3, -0.25) is 4.31 Å². The maximum Gasteiger partial charge on any atom is 0.415 e. The summed E-state index contributed by atoms with van der Waals surface area (Å²) in [7, 11) is -3.66. The van der Waals surface area contributed by atoms with E-state index < -0.39 is 28.1 Å². The van der Waals surface area contributed by atoms with Gasteiger partial charge in [-0.15, -0.1) is 0 Å². The van der Waals surface area contributed by atoms with Crippen LogP contribution >= 0.6 is 0 Å². The van der Waals surface area contributed by atoms with E-state index in [2.05, 4.69) is 15.3 Å². The molecule has 214 valence electrons. The normalized spacial score (nSPS) is 14.1. The number of amides is 1. The molecule has 1 fully saturated rings. The van der Waals surface area contributed by atoms with E-state index in [0.717, 1.165) is 12.8 Å². The molecule has 0 saturated carbocycles. The van der Waals surface area contributed by atoms with Crippen LogP contribution in [-0.2, 0) is 21.2 Å². The summed E-state index contributed by atoms with van der Waals surface area (Å²) in [6.07, 6.45) is 3.02. The number of sulfonamides is 1. The van der Waals surface area contributed by atoms with Crippen molar-refractivity contribution in [3.05, 3.63) is 36.0 Å². The Kier molecular flexibility index (Phi) is 10.3. The predicted octanol–water partition coefficient (Wildman–Crippen LogP) is 3.20. The molecule has 1 saturated heterocycles.